The van der Waals surface area contributed by atoms with E-state index in [0.717, 1.165) is 15.4 Å². The Balaban J connectivity index is 1.04. The quantitative estimate of drug-likeness (QED) is 0.171. The van der Waals surface area contributed by atoms with E-state index >= 15 is 0 Å². The van der Waals surface area contributed by atoms with Crippen molar-refractivity contribution in [3.63, 3.8) is 0 Å². The van der Waals surface area contributed by atoms with E-state index in [1.807, 2.05) is 43.3 Å². The molecule has 7 rings (SSSR count). The summed E-state index contributed by atoms with van der Waals surface area (Å²) in [5, 5.41) is 0. The summed E-state index contributed by atoms with van der Waals surface area (Å²) >= 11 is -2.09. The molecule has 4 amide bonds. The second kappa shape index (κ2) is 11.7. The first-order valence-electron chi connectivity index (χ1n) is 14.4. The van der Waals surface area contributed by atoms with Crippen LogP contribution in [0.15, 0.2) is 114 Å². The summed E-state index contributed by atoms with van der Waals surface area (Å²) in [5.41, 5.74) is 2.08. The summed E-state index contributed by atoms with van der Waals surface area (Å²) in [6, 6.07) is 29.8. The zero-order chi connectivity index (χ0) is 32.8. The van der Waals surface area contributed by atoms with Crippen LogP contribution in [0.2, 0.25) is 0 Å². The third kappa shape index (κ3) is 5.53. The van der Waals surface area contributed by atoms with Crippen LogP contribution in [0.5, 0.6) is 28.7 Å². The molecule has 10 nitrogen and oxygen atoms in total. The summed E-state index contributed by atoms with van der Waals surface area (Å²) in [6.45, 7) is 2.00. The number of hydrogen-bond donors (Lipinski definition) is 0. The van der Waals surface area contributed by atoms with Crippen molar-refractivity contribution in [2.24, 2.45) is 0 Å². The number of nitrogens with zero attached hydrogens (tertiary/aromatic N) is 2. The molecule has 0 fully saturated rings. The highest BCUT2D eigenvalue weighted by Crippen LogP contribution is 2.34. The molecule has 47 heavy (non-hydrogen) atoms. The number of fused-ring (bicyclic) bond motifs is 2. The minimum absolute atomic E-state index is 0.0755. The van der Waals surface area contributed by atoms with Crippen molar-refractivity contribution in [2.75, 3.05) is 11.9 Å². The first-order valence-corrected chi connectivity index (χ1v) is 15.5. The number of aryl methyl sites for hydroxylation is 1. The SMILES string of the molecule is Cc1ccc(Oc2cccc(Oc3ccc(N4C(=O)c5ccc(S(=O)Oc6ccc7c(c6)C(=O)N(C)C7=O)cc5C4=O)cc3)c2)cc1. The molecule has 5 aromatic carbocycles. The van der Waals surface area contributed by atoms with Crippen LogP contribution in [0.4, 0.5) is 5.69 Å². The van der Waals surface area contributed by atoms with Crippen LogP contribution < -0.4 is 18.6 Å². The second-order valence-corrected chi connectivity index (χ2v) is 11.9. The lowest BCUT2D eigenvalue weighted by Gasteiger charge is -2.15. The molecular formula is C36H24N2O8S. The van der Waals surface area contributed by atoms with E-state index in [1.54, 1.807) is 36.4 Å². The fourth-order valence-corrected chi connectivity index (χ4v) is 6.00. The van der Waals surface area contributed by atoms with Gasteiger partial charge in [0.15, 0.2) is 0 Å². The average molecular weight is 645 g/mol. The topological polar surface area (TPSA) is 120 Å². The Morgan fingerprint density at radius 1 is 0.532 bits per heavy atom. The van der Waals surface area contributed by atoms with Gasteiger partial charge in [-0.15, -0.1) is 0 Å². The van der Waals surface area contributed by atoms with E-state index in [9.17, 15) is 23.4 Å². The number of benzene rings is 5. The van der Waals surface area contributed by atoms with Crippen LogP contribution in [-0.4, -0.2) is 39.8 Å². The first-order chi connectivity index (χ1) is 22.7. The van der Waals surface area contributed by atoms with Crippen molar-refractivity contribution < 1.29 is 37.0 Å². The van der Waals surface area contributed by atoms with Crippen LogP contribution in [0.3, 0.4) is 0 Å². The maximum Gasteiger partial charge on any atom is 0.266 e. The van der Waals surface area contributed by atoms with Crippen LogP contribution in [0.25, 0.3) is 0 Å². The van der Waals surface area contributed by atoms with Gasteiger partial charge in [-0.3, -0.25) is 24.1 Å². The Labute approximate surface area is 271 Å². The minimum Gasteiger partial charge on any atom is -0.457 e. The molecule has 2 aliphatic rings. The van der Waals surface area contributed by atoms with Gasteiger partial charge in [-0.1, -0.05) is 23.8 Å². The molecule has 0 aromatic heterocycles. The molecule has 1 unspecified atom stereocenters. The van der Waals surface area contributed by atoms with E-state index in [-0.39, 0.29) is 32.9 Å². The van der Waals surface area contributed by atoms with Crippen molar-refractivity contribution in [3.05, 3.63) is 137 Å². The third-order valence-corrected chi connectivity index (χ3v) is 8.66. The van der Waals surface area contributed by atoms with Gasteiger partial charge in [0.1, 0.15) is 28.7 Å². The number of carbonyl (C=O) groups is 4. The van der Waals surface area contributed by atoms with Gasteiger partial charge in [-0.2, -0.15) is 0 Å². The summed E-state index contributed by atoms with van der Waals surface area (Å²) in [4.78, 5) is 53.3. The first kappa shape index (κ1) is 29.6. The maximum atomic E-state index is 13.4. The van der Waals surface area contributed by atoms with E-state index in [0.29, 0.717) is 28.7 Å². The third-order valence-electron chi connectivity index (χ3n) is 7.68. The molecule has 232 valence electrons. The number of amides is 4. The van der Waals surface area contributed by atoms with Crippen molar-refractivity contribution in [2.45, 2.75) is 11.8 Å². The van der Waals surface area contributed by atoms with E-state index in [4.69, 9.17) is 13.7 Å². The van der Waals surface area contributed by atoms with Gasteiger partial charge in [0.05, 0.1) is 32.8 Å². The second-order valence-electron chi connectivity index (χ2n) is 10.8. The Kier molecular flexibility index (Phi) is 7.37. The lowest BCUT2D eigenvalue weighted by atomic mass is 10.1. The lowest BCUT2D eigenvalue weighted by Crippen LogP contribution is -2.29. The highest BCUT2D eigenvalue weighted by atomic mass is 32.2. The average Bonchev–Trinajstić information content (AvgIpc) is 3.45. The number of imide groups is 2. The zero-order valence-corrected chi connectivity index (χ0v) is 25.8. The summed E-state index contributed by atoms with van der Waals surface area (Å²) in [6.07, 6.45) is 0. The Bertz CT molecular complexity index is 2140. The number of anilines is 1. The Hall–Kier alpha value is -6.07. The predicted molar refractivity (Wildman–Crippen MR) is 172 cm³/mol. The van der Waals surface area contributed by atoms with Gasteiger partial charge in [-0.05, 0) is 91.9 Å². The highest BCUT2D eigenvalue weighted by molar-refractivity contribution is 7.80. The summed E-state index contributed by atoms with van der Waals surface area (Å²) < 4.78 is 30.5. The molecule has 1 atom stereocenters. The zero-order valence-electron chi connectivity index (χ0n) is 25.0. The van der Waals surface area contributed by atoms with Crippen molar-refractivity contribution in [3.8, 4) is 28.7 Å². The minimum atomic E-state index is -2.09. The van der Waals surface area contributed by atoms with Gasteiger partial charge in [0.25, 0.3) is 23.6 Å². The molecule has 0 N–H and O–H groups in total. The normalized spacial score (nSPS) is 14.3. The van der Waals surface area contributed by atoms with E-state index in [2.05, 4.69) is 0 Å². The molecule has 0 aliphatic carbocycles. The Morgan fingerprint density at radius 2 is 1.06 bits per heavy atom. The smallest absolute Gasteiger partial charge is 0.266 e. The molecule has 0 spiro atoms. The Morgan fingerprint density at radius 3 is 1.74 bits per heavy atom. The van der Waals surface area contributed by atoms with E-state index < -0.39 is 34.7 Å². The van der Waals surface area contributed by atoms with Gasteiger partial charge < -0.3 is 13.7 Å². The van der Waals surface area contributed by atoms with Crippen LogP contribution in [-0.2, 0) is 11.1 Å². The largest absolute Gasteiger partial charge is 0.457 e. The van der Waals surface area contributed by atoms with Crippen LogP contribution in [0, 0.1) is 6.92 Å². The van der Waals surface area contributed by atoms with E-state index in [1.165, 1.54) is 43.4 Å². The van der Waals surface area contributed by atoms with Crippen molar-refractivity contribution >= 4 is 40.4 Å². The van der Waals surface area contributed by atoms with Gasteiger partial charge in [-0.25, -0.2) is 9.11 Å². The molecule has 0 saturated carbocycles. The van der Waals surface area contributed by atoms with Gasteiger partial charge >= 0.3 is 0 Å². The number of carbonyl (C=O) groups excluding carboxylic acids is 4. The predicted octanol–water partition coefficient (Wildman–Crippen LogP) is 6.71. The fourth-order valence-electron chi connectivity index (χ4n) is 5.23. The standard InChI is InChI=1S/C36H24N2O8S/c1-21-6-10-23(11-7-21)44-25-4-3-5-26(18-25)45-24-12-8-22(9-13-24)38-35(41)30-17-15-28(20-32(30)36(38)42)47(43)46-27-14-16-29-31(19-27)34(40)37(2)33(29)39/h3-20H,1-2H3. The van der Waals surface area contributed by atoms with Crippen molar-refractivity contribution in [1.29, 1.82) is 0 Å². The number of hydrogen-bond acceptors (Lipinski definition) is 8. The summed E-state index contributed by atoms with van der Waals surface area (Å²) in [7, 11) is 1.38. The maximum absolute atomic E-state index is 13.4. The highest BCUT2D eigenvalue weighted by Gasteiger charge is 2.37. The molecule has 11 heteroatoms. The van der Waals surface area contributed by atoms with Crippen LogP contribution in [0.1, 0.15) is 47.0 Å². The number of rotatable bonds is 8. The lowest BCUT2D eigenvalue weighted by molar-refractivity contribution is 0.0692. The van der Waals surface area contributed by atoms with Crippen molar-refractivity contribution in [1.82, 2.24) is 4.90 Å². The summed E-state index contributed by atoms with van der Waals surface area (Å²) in [5.74, 6) is 0.415. The fraction of sp³-hybridized carbons (Fsp3) is 0.0556. The molecule has 0 saturated heterocycles. The molecule has 2 aliphatic heterocycles. The monoisotopic (exact) mass is 644 g/mol. The molecule has 5 aromatic rings. The molecule has 2 heterocycles. The molecular weight excluding hydrogens is 620 g/mol. The molecule has 0 bridgehead atoms. The van der Waals surface area contributed by atoms with Crippen LogP contribution >= 0.6 is 0 Å². The van der Waals surface area contributed by atoms with Gasteiger partial charge in [0.2, 0.25) is 11.1 Å². The van der Waals surface area contributed by atoms with Gasteiger partial charge in [0, 0.05) is 13.1 Å². The number of ether oxygens (including phenoxy) is 2. The molecule has 0 radical (unpaired) electrons.